The molecule has 0 aliphatic carbocycles. The maximum atomic E-state index is 6.08. The number of hydrogen-bond donors (Lipinski definition) is 0. The van der Waals surface area contributed by atoms with Crippen molar-refractivity contribution in [2.75, 3.05) is 0 Å². The van der Waals surface area contributed by atoms with E-state index in [2.05, 4.69) is 49.8 Å². The SMILES string of the molecule is CC1(C)OB(c2cc[c-]c(-c3ccccn3)c2)OC1(C)C.[Ir].[c-]1ccccc1-c1ccccn1. The maximum Gasteiger partial charge on any atom is 0.475 e. The van der Waals surface area contributed by atoms with Crippen LogP contribution in [-0.2, 0) is 29.4 Å². The van der Waals surface area contributed by atoms with E-state index in [-0.39, 0.29) is 38.4 Å². The second kappa shape index (κ2) is 11.2. The molecule has 0 atom stereocenters. The van der Waals surface area contributed by atoms with Gasteiger partial charge in [-0.1, -0.05) is 24.3 Å². The Labute approximate surface area is 216 Å². The Morgan fingerprint density at radius 3 is 1.76 bits per heavy atom. The second-order valence-corrected chi connectivity index (χ2v) is 8.83. The van der Waals surface area contributed by atoms with E-state index in [9.17, 15) is 0 Å². The molecule has 0 amide bonds. The summed E-state index contributed by atoms with van der Waals surface area (Å²) in [4.78, 5) is 8.58. The molecule has 1 fully saturated rings. The van der Waals surface area contributed by atoms with Crippen molar-refractivity contribution < 1.29 is 29.4 Å². The third kappa shape index (κ3) is 6.08. The predicted molar refractivity (Wildman–Crippen MR) is 133 cm³/mol. The van der Waals surface area contributed by atoms with Gasteiger partial charge in [-0.25, -0.2) is 0 Å². The van der Waals surface area contributed by atoms with E-state index in [0.717, 1.165) is 28.0 Å². The van der Waals surface area contributed by atoms with Gasteiger partial charge in [0.1, 0.15) is 0 Å². The Morgan fingerprint density at radius 1 is 0.676 bits per heavy atom. The van der Waals surface area contributed by atoms with Crippen LogP contribution in [0.2, 0.25) is 0 Å². The average molecular weight is 627 g/mol. The minimum absolute atomic E-state index is 0. The first-order valence-electron chi connectivity index (χ1n) is 11.0. The fourth-order valence-corrected chi connectivity index (χ4v) is 3.35. The first-order chi connectivity index (χ1) is 15.9. The molecule has 4 nitrogen and oxygen atoms in total. The summed E-state index contributed by atoms with van der Waals surface area (Å²) < 4.78 is 12.2. The van der Waals surface area contributed by atoms with Gasteiger partial charge >= 0.3 is 7.12 Å². The summed E-state index contributed by atoms with van der Waals surface area (Å²) in [5.41, 5.74) is 4.19. The van der Waals surface area contributed by atoms with Crippen LogP contribution in [0, 0.1) is 12.1 Å². The standard InChI is InChI=1S/C17H19BNO2.C11H8N.Ir/c1-16(2)17(3,4)21-18(20-16)14-9-7-8-13(12-14)15-10-5-6-11-19-15;1-2-6-10(7-3-1)11-8-4-5-9-12-11;/h5-7,9-12H,1-4H3;1-6,8-9H;/q2*-1;. The smallest absolute Gasteiger partial charge is 0.400 e. The van der Waals surface area contributed by atoms with E-state index in [4.69, 9.17) is 9.31 Å². The van der Waals surface area contributed by atoms with Crippen LogP contribution in [0.1, 0.15) is 27.7 Å². The van der Waals surface area contributed by atoms with Crippen molar-refractivity contribution >= 4 is 12.6 Å². The van der Waals surface area contributed by atoms with Crippen molar-refractivity contribution in [3.05, 3.63) is 103 Å². The van der Waals surface area contributed by atoms with Crippen LogP contribution in [0.25, 0.3) is 22.5 Å². The fourth-order valence-electron chi connectivity index (χ4n) is 3.35. The molecule has 5 rings (SSSR count). The van der Waals surface area contributed by atoms with Crippen molar-refractivity contribution in [2.24, 2.45) is 0 Å². The number of hydrogen-bond acceptors (Lipinski definition) is 4. The quantitative estimate of drug-likeness (QED) is 0.226. The van der Waals surface area contributed by atoms with Gasteiger partial charge in [0.05, 0.1) is 11.2 Å². The summed E-state index contributed by atoms with van der Waals surface area (Å²) in [6.45, 7) is 8.23. The zero-order chi connectivity index (χ0) is 23.3. The minimum atomic E-state index is -0.355. The van der Waals surface area contributed by atoms with Crippen molar-refractivity contribution in [1.82, 2.24) is 9.97 Å². The van der Waals surface area contributed by atoms with Crippen LogP contribution in [0.4, 0.5) is 0 Å². The van der Waals surface area contributed by atoms with Crippen molar-refractivity contribution in [3.8, 4) is 22.5 Å². The summed E-state index contributed by atoms with van der Waals surface area (Å²) >= 11 is 0. The summed E-state index contributed by atoms with van der Waals surface area (Å²) in [7, 11) is -0.355. The van der Waals surface area contributed by atoms with E-state index in [0.29, 0.717) is 0 Å². The molecule has 3 heterocycles. The largest absolute Gasteiger partial charge is 0.475 e. The number of rotatable bonds is 3. The van der Waals surface area contributed by atoms with Crippen molar-refractivity contribution in [3.63, 3.8) is 0 Å². The fraction of sp³-hybridized carbons (Fsp3) is 0.214. The van der Waals surface area contributed by atoms with Gasteiger partial charge in [-0.2, -0.15) is 0 Å². The van der Waals surface area contributed by atoms with Gasteiger partial charge in [-0.15, -0.1) is 71.2 Å². The van der Waals surface area contributed by atoms with Gasteiger partial charge in [0.25, 0.3) is 0 Å². The monoisotopic (exact) mass is 627 g/mol. The third-order valence-electron chi connectivity index (χ3n) is 5.94. The number of pyridine rings is 2. The molecular formula is C28H27BIrN2O2-2. The first-order valence-corrected chi connectivity index (χ1v) is 11.0. The average Bonchev–Trinajstić information content (AvgIpc) is 3.08. The predicted octanol–water partition coefficient (Wildman–Crippen LogP) is 5.39. The van der Waals surface area contributed by atoms with E-state index in [1.807, 2.05) is 78.9 Å². The molecule has 34 heavy (non-hydrogen) atoms. The summed E-state index contributed by atoms with van der Waals surface area (Å²) in [6.07, 6.45) is 3.57. The van der Waals surface area contributed by atoms with Crippen molar-refractivity contribution in [1.29, 1.82) is 0 Å². The number of nitrogens with zero attached hydrogens (tertiary/aromatic N) is 2. The summed E-state index contributed by atoms with van der Waals surface area (Å²) in [6, 6.07) is 31.8. The second-order valence-electron chi connectivity index (χ2n) is 8.83. The van der Waals surface area contributed by atoms with Gasteiger partial charge < -0.3 is 19.3 Å². The molecule has 175 valence electrons. The van der Waals surface area contributed by atoms with Crippen LogP contribution in [-0.4, -0.2) is 28.3 Å². The zero-order valence-electron chi connectivity index (χ0n) is 19.8. The number of aromatic nitrogens is 2. The van der Waals surface area contributed by atoms with Crippen LogP contribution in [0.5, 0.6) is 0 Å². The van der Waals surface area contributed by atoms with Crippen molar-refractivity contribution in [2.45, 2.75) is 38.9 Å². The Bertz CT molecular complexity index is 1120. The molecule has 4 aromatic rings. The molecule has 0 unspecified atom stereocenters. The summed E-state index contributed by atoms with van der Waals surface area (Å²) in [5, 5.41) is 0. The Kier molecular flexibility index (Phi) is 8.56. The molecule has 2 aromatic heterocycles. The van der Waals surface area contributed by atoms with Crippen LogP contribution in [0.3, 0.4) is 0 Å². The van der Waals surface area contributed by atoms with Gasteiger partial charge in [0.2, 0.25) is 0 Å². The molecule has 0 bridgehead atoms. The van der Waals surface area contributed by atoms with E-state index < -0.39 is 0 Å². The van der Waals surface area contributed by atoms with E-state index in [1.54, 1.807) is 12.4 Å². The first kappa shape index (κ1) is 26.0. The number of benzene rings is 2. The molecule has 1 radical (unpaired) electrons. The minimum Gasteiger partial charge on any atom is -0.400 e. The summed E-state index contributed by atoms with van der Waals surface area (Å²) in [5.74, 6) is 0. The molecular weight excluding hydrogens is 599 g/mol. The molecule has 1 aliphatic rings. The normalized spacial score (nSPS) is 15.6. The van der Waals surface area contributed by atoms with Crippen LogP contribution in [0.15, 0.2) is 91.3 Å². The van der Waals surface area contributed by atoms with Gasteiger partial charge in [-0.3, -0.25) is 0 Å². The molecule has 0 N–H and O–H groups in total. The maximum absolute atomic E-state index is 6.08. The molecule has 1 aliphatic heterocycles. The third-order valence-corrected chi connectivity index (χ3v) is 5.94. The molecule has 2 aromatic carbocycles. The molecule has 0 saturated carbocycles. The van der Waals surface area contributed by atoms with Gasteiger partial charge in [-0.05, 0) is 51.2 Å². The Morgan fingerprint density at radius 2 is 1.24 bits per heavy atom. The Hall–Kier alpha value is -2.63. The van der Waals surface area contributed by atoms with E-state index >= 15 is 0 Å². The van der Waals surface area contributed by atoms with Crippen LogP contribution < -0.4 is 5.46 Å². The Balaban J connectivity index is 0.000000212. The topological polar surface area (TPSA) is 44.2 Å². The van der Waals surface area contributed by atoms with E-state index in [1.165, 1.54) is 0 Å². The van der Waals surface area contributed by atoms with Crippen LogP contribution >= 0.6 is 0 Å². The van der Waals surface area contributed by atoms with Gasteiger partial charge in [0, 0.05) is 32.5 Å². The zero-order valence-corrected chi connectivity index (χ0v) is 22.2. The molecule has 6 heteroatoms. The van der Waals surface area contributed by atoms with Gasteiger partial charge in [0.15, 0.2) is 0 Å². The molecule has 1 saturated heterocycles. The molecule has 0 spiro atoms.